The Labute approximate surface area is 145 Å². The van der Waals surface area contributed by atoms with Crippen molar-refractivity contribution >= 4 is 32.4 Å². The highest BCUT2D eigenvalue weighted by Gasteiger charge is 2.28. The molecule has 0 radical (unpaired) electrons. The maximum atomic E-state index is 12.3. The van der Waals surface area contributed by atoms with Gasteiger partial charge in [-0.05, 0) is 39.3 Å². The Hall–Kier alpha value is -1.84. The van der Waals surface area contributed by atoms with E-state index in [9.17, 15) is 13.2 Å². The molecule has 7 nitrogen and oxygen atoms in total. The van der Waals surface area contributed by atoms with Crippen LogP contribution < -0.4 is 10.0 Å². The Morgan fingerprint density at radius 3 is 2.62 bits per heavy atom. The molecule has 0 aliphatic rings. The molecule has 2 rings (SSSR count). The second-order valence-corrected chi connectivity index (χ2v) is 8.87. The molecule has 0 bridgehead atoms. The minimum absolute atomic E-state index is 0.135. The van der Waals surface area contributed by atoms with Crippen molar-refractivity contribution in [3.05, 3.63) is 35.4 Å². The van der Waals surface area contributed by atoms with Crippen LogP contribution in [0.1, 0.15) is 43.1 Å². The Balaban J connectivity index is 2.15. The van der Waals surface area contributed by atoms with Gasteiger partial charge in [0.1, 0.15) is 0 Å². The molecule has 2 aromatic rings. The lowest BCUT2D eigenvalue weighted by atomic mass is 10.0. The summed E-state index contributed by atoms with van der Waals surface area (Å²) in [7, 11) is -3.77. The van der Waals surface area contributed by atoms with Gasteiger partial charge >= 0.3 is 0 Å². The lowest BCUT2D eigenvalue weighted by Gasteiger charge is -2.22. The van der Waals surface area contributed by atoms with E-state index in [1.807, 2.05) is 19.9 Å². The molecule has 2 N–H and O–H groups in total. The number of anilines is 1. The molecule has 0 spiro atoms. The number of amides is 1. The Morgan fingerprint density at radius 2 is 2.00 bits per heavy atom. The smallest absolute Gasteiger partial charge is 0.270 e. The summed E-state index contributed by atoms with van der Waals surface area (Å²) in [5.41, 5.74) is 0.837. The minimum atomic E-state index is -3.77. The van der Waals surface area contributed by atoms with Crippen LogP contribution in [0.2, 0.25) is 0 Å². The molecular formula is C15H20N4O3S2. The normalized spacial score (nSPS) is 12.2. The van der Waals surface area contributed by atoms with Gasteiger partial charge < -0.3 is 0 Å². The monoisotopic (exact) mass is 368 g/mol. The standard InChI is InChI=1S/C15H20N4O3S2/c1-5-15(3,4)19-24(21,22)14-18-17-13(23-14)16-12(20)11-8-6-7-10(2)9-11/h6-9,19H,5H2,1-4H3,(H,16,17,20). The number of benzene rings is 1. The topological polar surface area (TPSA) is 101 Å². The SMILES string of the molecule is CCC(C)(C)NS(=O)(=O)c1nnc(NC(=O)c2cccc(C)c2)s1. The summed E-state index contributed by atoms with van der Waals surface area (Å²) in [6.45, 7) is 7.34. The second-order valence-electron chi connectivity index (χ2n) is 6.04. The Morgan fingerprint density at radius 1 is 1.29 bits per heavy atom. The molecule has 1 amide bonds. The van der Waals surface area contributed by atoms with Crippen LogP contribution in [0.5, 0.6) is 0 Å². The van der Waals surface area contributed by atoms with Gasteiger partial charge in [-0.25, -0.2) is 13.1 Å². The molecular weight excluding hydrogens is 348 g/mol. The van der Waals surface area contributed by atoms with Crippen LogP contribution in [0.3, 0.4) is 0 Å². The average Bonchev–Trinajstić information content (AvgIpc) is 2.95. The van der Waals surface area contributed by atoms with E-state index in [1.165, 1.54) is 0 Å². The third-order valence-electron chi connectivity index (χ3n) is 3.43. The van der Waals surface area contributed by atoms with E-state index in [-0.39, 0.29) is 15.4 Å². The fourth-order valence-electron chi connectivity index (χ4n) is 1.80. The first-order chi connectivity index (χ1) is 11.1. The van der Waals surface area contributed by atoms with Gasteiger partial charge in [0.25, 0.3) is 15.9 Å². The summed E-state index contributed by atoms with van der Waals surface area (Å²) >= 11 is 0.814. The number of nitrogens with one attached hydrogen (secondary N) is 2. The van der Waals surface area contributed by atoms with Crippen molar-refractivity contribution in [3.63, 3.8) is 0 Å². The first-order valence-electron chi connectivity index (χ1n) is 7.38. The maximum Gasteiger partial charge on any atom is 0.270 e. The molecule has 1 heterocycles. The number of hydrogen-bond acceptors (Lipinski definition) is 6. The van der Waals surface area contributed by atoms with Crippen LogP contribution in [0.25, 0.3) is 0 Å². The molecule has 0 unspecified atom stereocenters. The van der Waals surface area contributed by atoms with E-state index in [1.54, 1.807) is 32.0 Å². The van der Waals surface area contributed by atoms with Gasteiger partial charge in [-0.2, -0.15) is 0 Å². The van der Waals surface area contributed by atoms with Crippen molar-refractivity contribution in [1.82, 2.24) is 14.9 Å². The van der Waals surface area contributed by atoms with Gasteiger partial charge in [0.2, 0.25) is 9.47 Å². The summed E-state index contributed by atoms with van der Waals surface area (Å²) in [6, 6.07) is 7.07. The number of carbonyl (C=O) groups is 1. The van der Waals surface area contributed by atoms with Gasteiger partial charge in [0, 0.05) is 11.1 Å². The largest absolute Gasteiger partial charge is 0.296 e. The van der Waals surface area contributed by atoms with Crippen LogP contribution in [0.15, 0.2) is 28.6 Å². The fourth-order valence-corrected chi connectivity index (χ4v) is 4.18. The van der Waals surface area contributed by atoms with Gasteiger partial charge in [-0.15, -0.1) is 10.2 Å². The van der Waals surface area contributed by atoms with E-state index in [0.717, 1.165) is 16.9 Å². The van der Waals surface area contributed by atoms with Crippen molar-refractivity contribution in [1.29, 1.82) is 0 Å². The van der Waals surface area contributed by atoms with Crippen molar-refractivity contribution < 1.29 is 13.2 Å². The van der Waals surface area contributed by atoms with Crippen molar-refractivity contribution in [3.8, 4) is 0 Å². The second kappa shape index (κ2) is 6.96. The number of sulfonamides is 1. The highest BCUT2D eigenvalue weighted by Crippen LogP contribution is 2.22. The third kappa shape index (κ3) is 4.59. The summed E-state index contributed by atoms with van der Waals surface area (Å²) < 4.78 is 27.0. The number of aromatic nitrogens is 2. The zero-order valence-corrected chi connectivity index (χ0v) is 15.6. The minimum Gasteiger partial charge on any atom is -0.296 e. The fraction of sp³-hybridized carbons (Fsp3) is 0.400. The number of hydrogen-bond donors (Lipinski definition) is 2. The predicted octanol–water partition coefficient (Wildman–Crippen LogP) is 2.57. The molecule has 0 saturated heterocycles. The lowest BCUT2D eigenvalue weighted by molar-refractivity contribution is 0.102. The molecule has 0 aliphatic carbocycles. The molecule has 0 fully saturated rings. The zero-order chi connectivity index (χ0) is 18.0. The maximum absolute atomic E-state index is 12.3. The quantitative estimate of drug-likeness (QED) is 0.763. The molecule has 0 atom stereocenters. The molecule has 1 aromatic heterocycles. The average molecular weight is 368 g/mol. The van der Waals surface area contributed by atoms with E-state index in [2.05, 4.69) is 20.2 Å². The third-order valence-corrected chi connectivity index (χ3v) is 6.34. The van der Waals surface area contributed by atoms with Crippen LogP contribution in [0, 0.1) is 6.92 Å². The summed E-state index contributed by atoms with van der Waals surface area (Å²) in [5.74, 6) is -0.361. The molecule has 1 aromatic carbocycles. The van der Waals surface area contributed by atoms with Crippen LogP contribution in [-0.2, 0) is 10.0 Å². The summed E-state index contributed by atoms with van der Waals surface area (Å²) in [6.07, 6.45) is 0.627. The lowest BCUT2D eigenvalue weighted by Crippen LogP contribution is -2.42. The number of aryl methyl sites for hydroxylation is 1. The van der Waals surface area contributed by atoms with E-state index in [0.29, 0.717) is 12.0 Å². The van der Waals surface area contributed by atoms with Crippen LogP contribution >= 0.6 is 11.3 Å². The van der Waals surface area contributed by atoms with Crippen molar-refractivity contribution in [2.24, 2.45) is 0 Å². The first kappa shape index (κ1) is 18.5. The number of rotatable bonds is 6. The van der Waals surface area contributed by atoms with E-state index < -0.39 is 15.6 Å². The zero-order valence-electron chi connectivity index (χ0n) is 14.0. The van der Waals surface area contributed by atoms with Crippen LogP contribution in [-0.4, -0.2) is 30.1 Å². The van der Waals surface area contributed by atoms with Gasteiger partial charge in [-0.1, -0.05) is 36.0 Å². The molecule has 24 heavy (non-hydrogen) atoms. The predicted molar refractivity (Wildman–Crippen MR) is 93.7 cm³/mol. The van der Waals surface area contributed by atoms with Gasteiger partial charge in [0.15, 0.2) is 0 Å². The highest BCUT2D eigenvalue weighted by atomic mass is 32.2. The molecule has 0 saturated carbocycles. The molecule has 0 aliphatic heterocycles. The Kier molecular flexibility index (Phi) is 5.36. The highest BCUT2D eigenvalue weighted by molar-refractivity contribution is 7.91. The molecule has 9 heteroatoms. The van der Waals surface area contributed by atoms with Gasteiger partial charge in [-0.3, -0.25) is 10.1 Å². The molecule has 130 valence electrons. The first-order valence-corrected chi connectivity index (χ1v) is 9.68. The van der Waals surface area contributed by atoms with Crippen LogP contribution in [0.4, 0.5) is 5.13 Å². The number of nitrogens with zero attached hydrogens (tertiary/aromatic N) is 2. The summed E-state index contributed by atoms with van der Waals surface area (Å²) in [4.78, 5) is 12.2. The van der Waals surface area contributed by atoms with E-state index >= 15 is 0 Å². The van der Waals surface area contributed by atoms with Crippen molar-refractivity contribution in [2.75, 3.05) is 5.32 Å². The van der Waals surface area contributed by atoms with Gasteiger partial charge in [0.05, 0.1) is 0 Å². The summed E-state index contributed by atoms with van der Waals surface area (Å²) in [5, 5.41) is 10.1. The van der Waals surface area contributed by atoms with Crippen molar-refractivity contribution in [2.45, 2.75) is 44.0 Å². The van der Waals surface area contributed by atoms with E-state index in [4.69, 9.17) is 0 Å². The Bertz CT molecular complexity index is 844. The number of carbonyl (C=O) groups excluding carboxylic acids is 1.